The van der Waals surface area contributed by atoms with Crippen molar-refractivity contribution in [3.63, 3.8) is 0 Å². The van der Waals surface area contributed by atoms with Crippen molar-refractivity contribution in [3.05, 3.63) is 76.6 Å². The number of ether oxygens (including phenoxy) is 2. The number of aliphatic imine (C=N–C) groups is 2. The van der Waals surface area contributed by atoms with Gasteiger partial charge in [-0.05, 0) is 32.9 Å². The number of nitrogens with one attached hydrogen (secondary N) is 1. The molecule has 0 fully saturated rings. The van der Waals surface area contributed by atoms with Gasteiger partial charge in [0.25, 0.3) is 0 Å². The van der Waals surface area contributed by atoms with Crippen molar-refractivity contribution in [1.82, 2.24) is 10.4 Å². The summed E-state index contributed by atoms with van der Waals surface area (Å²) in [6.07, 6.45) is 1.81. The average Bonchev–Trinajstić information content (AvgIpc) is 2.91. The van der Waals surface area contributed by atoms with Gasteiger partial charge in [-0.2, -0.15) is 0 Å². The summed E-state index contributed by atoms with van der Waals surface area (Å²) in [7, 11) is 1.63. The van der Waals surface area contributed by atoms with Gasteiger partial charge in [0, 0.05) is 22.2 Å². The van der Waals surface area contributed by atoms with Crippen LogP contribution in [0.4, 0.5) is 5.69 Å². The first-order valence-corrected chi connectivity index (χ1v) is 10.5. The molecular weight excluding hydrogens is 412 g/mol. The smallest absolute Gasteiger partial charge is 0.176 e. The lowest BCUT2D eigenvalue weighted by atomic mass is 9.99. The van der Waals surface area contributed by atoms with E-state index in [0.29, 0.717) is 23.1 Å². The van der Waals surface area contributed by atoms with Crippen molar-refractivity contribution in [1.29, 1.82) is 0 Å². The minimum absolute atomic E-state index is 0.00907. The number of hydrogen-bond donors (Lipinski definition) is 1. The van der Waals surface area contributed by atoms with Crippen LogP contribution in [0.15, 0.2) is 70.4 Å². The zero-order valence-electron chi connectivity index (χ0n) is 18.1. The van der Waals surface area contributed by atoms with Crippen LogP contribution in [0.5, 0.6) is 11.5 Å². The maximum atomic E-state index is 6.58. The summed E-state index contributed by atoms with van der Waals surface area (Å²) < 4.78 is 11.6. The lowest BCUT2D eigenvalue weighted by Gasteiger charge is -2.19. The van der Waals surface area contributed by atoms with Crippen LogP contribution in [-0.4, -0.2) is 36.3 Å². The Morgan fingerprint density at radius 3 is 2.61 bits per heavy atom. The van der Waals surface area contributed by atoms with Crippen molar-refractivity contribution in [2.24, 2.45) is 9.98 Å². The number of nitrogens with zero attached hydrogens (tertiary/aromatic N) is 3. The van der Waals surface area contributed by atoms with Crippen molar-refractivity contribution in [2.45, 2.75) is 26.9 Å². The SMILES string of the molecule is C=CCN1NC(C)=C2N=C(c3ccccc3Cl)c3cc(OC)c(OC(C)C)cc3N=C21. The van der Waals surface area contributed by atoms with Crippen LogP contribution in [0.25, 0.3) is 0 Å². The summed E-state index contributed by atoms with van der Waals surface area (Å²) >= 11 is 6.58. The van der Waals surface area contributed by atoms with E-state index in [9.17, 15) is 0 Å². The molecule has 0 spiro atoms. The quantitative estimate of drug-likeness (QED) is 0.628. The van der Waals surface area contributed by atoms with Gasteiger partial charge in [0.1, 0.15) is 5.70 Å². The lowest BCUT2D eigenvalue weighted by Crippen LogP contribution is -2.35. The molecule has 0 bridgehead atoms. The predicted molar refractivity (Wildman–Crippen MR) is 126 cm³/mol. The van der Waals surface area contributed by atoms with Crippen molar-refractivity contribution >= 4 is 28.8 Å². The van der Waals surface area contributed by atoms with Crippen LogP contribution >= 0.6 is 11.6 Å². The summed E-state index contributed by atoms with van der Waals surface area (Å²) in [6.45, 7) is 10.4. The van der Waals surface area contributed by atoms with E-state index >= 15 is 0 Å². The first-order chi connectivity index (χ1) is 14.9. The standard InChI is InChI=1S/C24H25ClN4O2/c1-6-11-29-24-22(15(4)28-29)27-23(16-9-7-8-10-18(16)25)17-12-20(30-5)21(31-14(2)3)13-19(17)26-24/h6-10,12-14,28H,1,11H2,2-5H3. The molecule has 0 aromatic heterocycles. The maximum Gasteiger partial charge on any atom is 0.176 e. The second-order valence-electron chi connectivity index (χ2n) is 7.55. The molecule has 2 aliphatic rings. The van der Waals surface area contributed by atoms with Crippen LogP contribution < -0.4 is 14.9 Å². The lowest BCUT2D eigenvalue weighted by molar-refractivity contribution is 0.230. The molecule has 0 radical (unpaired) electrons. The molecular formula is C24H25ClN4O2. The molecule has 4 rings (SSSR count). The van der Waals surface area contributed by atoms with E-state index in [2.05, 4.69) is 12.0 Å². The van der Waals surface area contributed by atoms with Gasteiger partial charge in [0.05, 0.1) is 36.9 Å². The molecule has 2 aliphatic heterocycles. The highest BCUT2D eigenvalue weighted by Crippen LogP contribution is 2.40. The van der Waals surface area contributed by atoms with E-state index in [1.54, 1.807) is 7.11 Å². The fraction of sp³-hybridized carbons (Fsp3) is 0.250. The molecule has 0 amide bonds. The molecule has 1 N–H and O–H groups in total. The highest BCUT2D eigenvalue weighted by molar-refractivity contribution is 6.36. The average molecular weight is 437 g/mol. The Labute approximate surface area is 187 Å². The Balaban J connectivity index is 2.00. The second-order valence-corrected chi connectivity index (χ2v) is 7.95. The van der Waals surface area contributed by atoms with E-state index in [0.717, 1.165) is 39.8 Å². The number of hydrazine groups is 1. The molecule has 6 nitrogen and oxygen atoms in total. The summed E-state index contributed by atoms with van der Waals surface area (Å²) in [4.78, 5) is 10.0. The zero-order chi connectivity index (χ0) is 22.1. The number of rotatable bonds is 6. The van der Waals surface area contributed by atoms with E-state index < -0.39 is 0 Å². The van der Waals surface area contributed by atoms with E-state index in [4.69, 9.17) is 31.1 Å². The van der Waals surface area contributed by atoms with Crippen LogP contribution in [0.1, 0.15) is 31.9 Å². The largest absolute Gasteiger partial charge is 0.493 e. The van der Waals surface area contributed by atoms with Gasteiger partial charge < -0.3 is 9.47 Å². The minimum atomic E-state index is -0.00907. The summed E-state index contributed by atoms with van der Waals surface area (Å²) in [5, 5.41) is 2.54. The van der Waals surface area contributed by atoms with Crippen molar-refractivity contribution < 1.29 is 9.47 Å². The number of halogens is 1. The highest BCUT2D eigenvalue weighted by atomic mass is 35.5. The van der Waals surface area contributed by atoms with Crippen LogP contribution in [0.2, 0.25) is 5.02 Å². The first kappa shape index (κ1) is 21.0. The molecule has 7 heteroatoms. The molecule has 31 heavy (non-hydrogen) atoms. The fourth-order valence-corrected chi connectivity index (χ4v) is 3.82. The zero-order valence-corrected chi connectivity index (χ0v) is 18.8. The number of methoxy groups -OCH3 is 1. The first-order valence-electron chi connectivity index (χ1n) is 10.1. The van der Waals surface area contributed by atoms with Gasteiger partial charge in [-0.15, -0.1) is 6.58 Å². The normalized spacial score (nSPS) is 15.0. The number of benzene rings is 2. The van der Waals surface area contributed by atoms with Crippen LogP contribution in [-0.2, 0) is 0 Å². The van der Waals surface area contributed by atoms with E-state index in [1.807, 2.05) is 68.3 Å². The van der Waals surface area contributed by atoms with Gasteiger partial charge in [0.15, 0.2) is 17.3 Å². The molecule has 0 saturated heterocycles. The molecule has 2 aromatic carbocycles. The van der Waals surface area contributed by atoms with Gasteiger partial charge in [-0.25, -0.2) is 9.98 Å². The van der Waals surface area contributed by atoms with Gasteiger partial charge >= 0.3 is 0 Å². The molecule has 2 heterocycles. The van der Waals surface area contributed by atoms with E-state index in [-0.39, 0.29) is 6.10 Å². The third-order valence-corrected chi connectivity index (χ3v) is 5.25. The fourth-order valence-electron chi connectivity index (χ4n) is 3.59. The maximum absolute atomic E-state index is 6.58. The topological polar surface area (TPSA) is 58.5 Å². The number of fused-ring (bicyclic) bond motifs is 2. The summed E-state index contributed by atoms with van der Waals surface area (Å²) in [6, 6.07) is 11.5. The van der Waals surface area contributed by atoms with Gasteiger partial charge in [0.2, 0.25) is 0 Å². The van der Waals surface area contributed by atoms with Crippen molar-refractivity contribution in [2.75, 3.05) is 13.7 Å². The number of allylic oxidation sites excluding steroid dienone is 1. The second kappa shape index (κ2) is 8.47. The molecule has 160 valence electrons. The Bertz CT molecular complexity index is 1130. The number of amidine groups is 1. The monoisotopic (exact) mass is 436 g/mol. The van der Waals surface area contributed by atoms with Crippen molar-refractivity contribution in [3.8, 4) is 11.5 Å². The third kappa shape index (κ3) is 3.91. The highest BCUT2D eigenvalue weighted by Gasteiger charge is 2.31. The van der Waals surface area contributed by atoms with Crippen LogP contribution in [0, 0.1) is 0 Å². The third-order valence-electron chi connectivity index (χ3n) is 4.92. The number of hydrogen-bond acceptors (Lipinski definition) is 6. The Hall–Kier alpha value is -3.25. The Morgan fingerprint density at radius 2 is 1.94 bits per heavy atom. The molecule has 0 atom stereocenters. The Kier molecular flexibility index (Phi) is 5.74. The minimum Gasteiger partial charge on any atom is -0.493 e. The molecule has 2 aromatic rings. The summed E-state index contributed by atoms with van der Waals surface area (Å²) in [5.41, 5.74) is 8.09. The molecule has 0 saturated carbocycles. The summed E-state index contributed by atoms with van der Waals surface area (Å²) in [5.74, 6) is 1.97. The van der Waals surface area contributed by atoms with Crippen LogP contribution in [0.3, 0.4) is 0 Å². The molecule has 0 unspecified atom stereocenters. The van der Waals surface area contributed by atoms with E-state index in [1.165, 1.54) is 0 Å². The van der Waals surface area contributed by atoms with Gasteiger partial charge in [-0.1, -0.05) is 35.9 Å². The van der Waals surface area contributed by atoms with Gasteiger partial charge in [-0.3, -0.25) is 10.4 Å². The predicted octanol–water partition coefficient (Wildman–Crippen LogP) is 5.25. The Morgan fingerprint density at radius 1 is 1.16 bits per heavy atom. The molecule has 0 aliphatic carbocycles.